The molecule has 4 aromatic rings. The van der Waals surface area contributed by atoms with E-state index in [2.05, 4.69) is 20.5 Å². The van der Waals surface area contributed by atoms with Crippen molar-refractivity contribution < 1.29 is 14.3 Å². The van der Waals surface area contributed by atoms with E-state index in [9.17, 15) is 9.59 Å². The number of carbonyl (C=O) groups excluding carboxylic acids is 2. The molecule has 5 rings (SSSR count). The molecule has 0 unspecified atom stereocenters. The number of aromatic nitrogens is 3. The first-order valence-corrected chi connectivity index (χ1v) is 13.8. The van der Waals surface area contributed by atoms with Gasteiger partial charge in [-0.15, -0.1) is 5.10 Å². The van der Waals surface area contributed by atoms with Gasteiger partial charge in [0, 0.05) is 31.0 Å². The van der Waals surface area contributed by atoms with Crippen molar-refractivity contribution in [2.45, 2.75) is 45.8 Å². The molecule has 1 aliphatic heterocycles. The van der Waals surface area contributed by atoms with Crippen molar-refractivity contribution in [2.24, 2.45) is 0 Å². The van der Waals surface area contributed by atoms with Crippen LogP contribution in [0.4, 0.5) is 11.4 Å². The zero-order chi connectivity index (χ0) is 28.1. The van der Waals surface area contributed by atoms with Gasteiger partial charge in [-0.3, -0.25) is 9.59 Å². The number of hydrogen-bond donors (Lipinski definition) is 1. The lowest BCUT2D eigenvalue weighted by Crippen LogP contribution is -2.57. The molecule has 40 heavy (non-hydrogen) atoms. The number of morpholine rings is 1. The van der Waals surface area contributed by atoms with Gasteiger partial charge in [-0.05, 0) is 62.2 Å². The van der Waals surface area contributed by atoms with Gasteiger partial charge in [-0.1, -0.05) is 54.1 Å². The number of hydrogen-bond acceptors (Lipinski definition) is 6. The summed E-state index contributed by atoms with van der Waals surface area (Å²) in [6, 6.07) is 23.4. The fourth-order valence-corrected chi connectivity index (χ4v) is 4.98. The summed E-state index contributed by atoms with van der Waals surface area (Å²) < 4.78 is 7.05. The summed E-state index contributed by atoms with van der Waals surface area (Å²) in [6.07, 6.45) is 0.431. The molecule has 1 atom stereocenters. The zero-order valence-electron chi connectivity index (χ0n) is 23.3. The van der Waals surface area contributed by atoms with E-state index in [1.807, 2.05) is 93.6 Å². The first-order valence-electron chi connectivity index (χ1n) is 13.8. The van der Waals surface area contributed by atoms with Crippen molar-refractivity contribution in [3.63, 3.8) is 0 Å². The van der Waals surface area contributed by atoms with Crippen LogP contribution in [-0.4, -0.2) is 63.6 Å². The van der Waals surface area contributed by atoms with E-state index in [1.165, 1.54) is 0 Å². The lowest BCUT2D eigenvalue weighted by atomic mass is 9.93. The Morgan fingerprint density at radius 3 is 2.40 bits per heavy atom. The third-order valence-corrected chi connectivity index (χ3v) is 7.74. The zero-order valence-corrected chi connectivity index (χ0v) is 23.3. The molecule has 2 amide bonds. The summed E-state index contributed by atoms with van der Waals surface area (Å²) in [4.78, 5) is 31.8. The van der Waals surface area contributed by atoms with Gasteiger partial charge in [0.1, 0.15) is 17.6 Å². The van der Waals surface area contributed by atoms with Crippen LogP contribution in [0.5, 0.6) is 0 Å². The molecule has 1 N–H and O–H groups in total. The minimum atomic E-state index is -1.11. The van der Waals surface area contributed by atoms with Gasteiger partial charge < -0.3 is 19.9 Å². The molecule has 1 fully saturated rings. The van der Waals surface area contributed by atoms with Gasteiger partial charge in [-0.25, -0.2) is 4.68 Å². The number of benzene rings is 3. The number of amides is 2. The fourth-order valence-electron chi connectivity index (χ4n) is 4.98. The van der Waals surface area contributed by atoms with Crippen LogP contribution < -0.4 is 10.2 Å². The van der Waals surface area contributed by atoms with E-state index in [0.717, 1.165) is 40.9 Å². The van der Waals surface area contributed by atoms with Crippen molar-refractivity contribution in [3.05, 3.63) is 83.9 Å². The summed E-state index contributed by atoms with van der Waals surface area (Å²) in [7, 11) is 0. The molecule has 1 saturated heterocycles. The Balaban J connectivity index is 1.39. The van der Waals surface area contributed by atoms with Crippen molar-refractivity contribution in [3.8, 4) is 0 Å². The highest BCUT2D eigenvalue weighted by atomic mass is 16.5. The quantitative estimate of drug-likeness (QED) is 0.338. The Bertz CT molecular complexity index is 1460. The molecule has 0 bridgehead atoms. The number of rotatable bonds is 9. The van der Waals surface area contributed by atoms with Crippen molar-refractivity contribution in [2.75, 3.05) is 36.5 Å². The van der Waals surface area contributed by atoms with Crippen LogP contribution in [0.2, 0.25) is 0 Å². The Hall–Kier alpha value is -4.24. The summed E-state index contributed by atoms with van der Waals surface area (Å²) in [6.45, 7) is 9.16. The molecule has 9 heteroatoms. The number of fused-ring (bicyclic) bond motifs is 1. The third kappa shape index (κ3) is 5.84. The van der Waals surface area contributed by atoms with Crippen LogP contribution >= 0.6 is 0 Å². The van der Waals surface area contributed by atoms with E-state index >= 15 is 0 Å². The largest absolute Gasteiger partial charge is 0.378 e. The minimum Gasteiger partial charge on any atom is -0.378 e. The molecule has 0 spiro atoms. The van der Waals surface area contributed by atoms with Crippen LogP contribution in [0.3, 0.4) is 0 Å². The molecule has 3 aromatic carbocycles. The second-order valence-electron chi connectivity index (χ2n) is 10.4. The third-order valence-electron chi connectivity index (χ3n) is 7.74. The van der Waals surface area contributed by atoms with Crippen molar-refractivity contribution >= 4 is 34.2 Å². The Kier molecular flexibility index (Phi) is 8.11. The summed E-state index contributed by atoms with van der Waals surface area (Å²) >= 11 is 0. The molecular formula is C31H36N6O3. The van der Waals surface area contributed by atoms with E-state index in [1.54, 1.807) is 9.58 Å². The summed E-state index contributed by atoms with van der Waals surface area (Å²) in [5.41, 5.74) is 4.24. The first kappa shape index (κ1) is 27.3. The van der Waals surface area contributed by atoms with Crippen LogP contribution in [0, 0.1) is 6.92 Å². The first-order chi connectivity index (χ1) is 19.4. The topological polar surface area (TPSA) is 92.6 Å². The predicted octanol–water partition coefficient (Wildman–Crippen LogP) is 4.41. The number of anilines is 2. The highest BCUT2D eigenvalue weighted by Gasteiger charge is 2.41. The number of para-hydroxylation sites is 1. The van der Waals surface area contributed by atoms with Gasteiger partial charge in [0.2, 0.25) is 11.8 Å². The maximum absolute atomic E-state index is 13.9. The lowest BCUT2D eigenvalue weighted by Gasteiger charge is -2.39. The molecule has 0 aliphatic carbocycles. The number of aryl methyl sites for hydroxylation is 1. The molecular weight excluding hydrogens is 504 g/mol. The van der Waals surface area contributed by atoms with Gasteiger partial charge in [-0.2, -0.15) is 0 Å². The van der Waals surface area contributed by atoms with Gasteiger partial charge in [0.05, 0.1) is 18.7 Å². The van der Waals surface area contributed by atoms with Crippen LogP contribution in [-0.2, 0) is 27.4 Å². The lowest BCUT2D eigenvalue weighted by molar-refractivity contribution is -0.146. The number of ether oxygens (including phenoxy) is 1. The Labute approximate surface area is 234 Å². The van der Waals surface area contributed by atoms with E-state index in [0.29, 0.717) is 31.9 Å². The average molecular weight is 541 g/mol. The molecule has 2 heterocycles. The molecule has 208 valence electrons. The highest BCUT2D eigenvalue weighted by Crippen LogP contribution is 2.27. The van der Waals surface area contributed by atoms with Crippen LogP contribution in [0.1, 0.15) is 31.4 Å². The fraction of sp³-hybridized carbons (Fsp3) is 0.355. The summed E-state index contributed by atoms with van der Waals surface area (Å²) in [5, 5.41) is 11.5. The van der Waals surface area contributed by atoms with E-state index in [4.69, 9.17) is 4.74 Å². The smallest absolute Gasteiger partial charge is 0.250 e. The molecule has 9 nitrogen and oxygen atoms in total. The maximum atomic E-state index is 13.9. The molecule has 0 saturated carbocycles. The molecule has 1 aliphatic rings. The van der Waals surface area contributed by atoms with Gasteiger partial charge >= 0.3 is 0 Å². The SMILES string of the molecule is CC[C@@](C)(C(=O)Nc1ccc(N2CCOCC2)cc1)N(Cc1ccc(C)cc1)C(=O)Cn1nnc2ccccc21. The van der Waals surface area contributed by atoms with Crippen molar-refractivity contribution in [1.29, 1.82) is 0 Å². The van der Waals surface area contributed by atoms with Crippen LogP contribution in [0.15, 0.2) is 72.8 Å². The normalized spacial score (nSPS) is 15.0. The second-order valence-corrected chi connectivity index (χ2v) is 10.4. The van der Waals surface area contributed by atoms with Crippen molar-refractivity contribution in [1.82, 2.24) is 19.9 Å². The van der Waals surface area contributed by atoms with Crippen LogP contribution in [0.25, 0.3) is 11.0 Å². The standard InChI is InChI=1S/C31H36N6O3/c1-4-31(3,30(39)32-25-13-15-26(16-14-25)35-17-19-40-20-18-35)36(21-24-11-9-23(2)10-12-24)29(38)22-37-28-8-6-5-7-27(28)33-34-37/h5-16H,4,17-22H2,1-3H3,(H,32,39)/t31-/m0/s1. The maximum Gasteiger partial charge on any atom is 0.250 e. The minimum absolute atomic E-state index is 0.0243. The average Bonchev–Trinajstić information content (AvgIpc) is 3.39. The molecule has 0 radical (unpaired) electrons. The van der Waals surface area contributed by atoms with Gasteiger partial charge in [0.15, 0.2) is 0 Å². The van der Waals surface area contributed by atoms with Gasteiger partial charge in [0.25, 0.3) is 0 Å². The summed E-state index contributed by atoms with van der Waals surface area (Å²) in [5.74, 6) is -0.448. The van der Waals surface area contributed by atoms with E-state index in [-0.39, 0.29) is 18.4 Å². The predicted molar refractivity (Wildman–Crippen MR) is 156 cm³/mol. The monoisotopic (exact) mass is 540 g/mol. The Morgan fingerprint density at radius 2 is 1.70 bits per heavy atom. The van der Waals surface area contributed by atoms with E-state index < -0.39 is 5.54 Å². The Morgan fingerprint density at radius 1 is 1.00 bits per heavy atom. The number of nitrogens with one attached hydrogen (secondary N) is 1. The number of nitrogens with zero attached hydrogens (tertiary/aromatic N) is 5. The number of carbonyl (C=O) groups is 2. The second kappa shape index (κ2) is 11.9. The molecule has 1 aromatic heterocycles. The highest BCUT2D eigenvalue weighted by molar-refractivity contribution is 6.00.